The van der Waals surface area contributed by atoms with Crippen molar-refractivity contribution in [3.63, 3.8) is 0 Å². The van der Waals surface area contributed by atoms with Crippen molar-refractivity contribution in [1.82, 2.24) is 9.78 Å². The van der Waals surface area contributed by atoms with Gasteiger partial charge in [-0.15, -0.1) is 0 Å². The van der Waals surface area contributed by atoms with Gasteiger partial charge in [-0.25, -0.2) is 13.1 Å². The second-order valence-corrected chi connectivity index (χ2v) is 6.73. The largest absolute Gasteiger partial charge is 0.459 e. The Morgan fingerprint density at radius 3 is 1.96 bits per heavy atom. The molecule has 0 aliphatic rings. The van der Waals surface area contributed by atoms with Gasteiger partial charge < -0.3 is 4.74 Å². The summed E-state index contributed by atoms with van der Waals surface area (Å²) < 4.78 is 130. The van der Waals surface area contributed by atoms with Gasteiger partial charge in [0.1, 0.15) is 5.56 Å². The first-order valence-corrected chi connectivity index (χ1v) is 7.92. The minimum absolute atomic E-state index is 0.219. The van der Waals surface area contributed by atoms with E-state index in [1.807, 2.05) is 0 Å². The zero-order valence-electron chi connectivity index (χ0n) is 11.3. The predicted molar refractivity (Wildman–Crippen MR) is 62.1 cm³/mol. The lowest BCUT2D eigenvalue weighted by atomic mass is 10.1. The second kappa shape index (κ2) is 6.29. The van der Waals surface area contributed by atoms with Crippen LogP contribution >= 0.6 is 10.7 Å². The standard InChI is InChI=1S/C9H7ClF8N2O3S/c1-23-3-2-20-6(24(10,21)22)4(8(13,14)15)5(19-20)7(11,12)9(16,17)18/h2-3H2,1H3. The van der Waals surface area contributed by atoms with Gasteiger partial charge >= 0.3 is 18.3 Å². The Kier molecular flexibility index (Phi) is 5.48. The van der Waals surface area contributed by atoms with Crippen LogP contribution in [-0.4, -0.2) is 38.1 Å². The predicted octanol–water partition coefficient (Wildman–Crippen LogP) is 3.13. The molecule has 0 aliphatic carbocycles. The Hall–Kier alpha value is -1.15. The maximum Gasteiger partial charge on any atom is 0.459 e. The number of hydrogen-bond acceptors (Lipinski definition) is 4. The number of alkyl halides is 8. The van der Waals surface area contributed by atoms with E-state index < -0.39 is 56.8 Å². The van der Waals surface area contributed by atoms with Crippen LogP contribution in [0.25, 0.3) is 0 Å². The first kappa shape index (κ1) is 20.9. The van der Waals surface area contributed by atoms with Gasteiger partial charge in [0.2, 0.25) is 0 Å². The molecule has 5 nitrogen and oxygen atoms in total. The molecule has 1 aromatic heterocycles. The summed E-state index contributed by atoms with van der Waals surface area (Å²) in [6.07, 6.45) is -12.3. The van der Waals surface area contributed by atoms with Crippen molar-refractivity contribution in [3.8, 4) is 0 Å². The van der Waals surface area contributed by atoms with Crippen LogP contribution in [0.15, 0.2) is 5.03 Å². The monoisotopic (exact) mass is 410 g/mol. The normalized spacial score (nSPS) is 14.2. The topological polar surface area (TPSA) is 61.2 Å². The van der Waals surface area contributed by atoms with Gasteiger partial charge in [-0.1, -0.05) is 0 Å². The molecule has 0 N–H and O–H groups in total. The third-order valence-corrected chi connectivity index (χ3v) is 3.90. The molecule has 1 aromatic rings. The average molecular weight is 411 g/mol. The van der Waals surface area contributed by atoms with Crippen molar-refractivity contribution in [1.29, 1.82) is 0 Å². The van der Waals surface area contributed by atoms with Gasteiger partial charge in [0.15, 0.2) is 10.7 Å². The van der Waals surface area contributed by atoms with Crippen LogP contribution < -0.4 is 0 Å². The van der Waals surface area contributed by atoms with Crippen LogP contribution in [0.5, 0.6) is 0 Å². The molecule has 0 unspecified atom stereocenters. The second-order valence-electron chi connectivity index (χ2n) is 4.25. The molecule has 0 radical (unpaired) electrons. The summed E-state index contributed by atoms with van der Waals surface area (Å²) in [5.74, 6) is -6.06. The number of hydrogen-bond donors (Lipinski definition) is 0. The SMILES string of the molecule is COCCn1nc(C(F)(F)C(F)(F)F)c(C(F)(F)F)c1S(=O)(=O)Cl. The minimum Gasteiger partial charge on any atom is -0.383 e. The summed E-state index contributed by atoms with van der Waals surface area (Å²) in [6, 6.07) is 0. The van der Waals surface area contributed by atoms with E-state index >= 15 is 0 Å². The fourth-order valence-corrected chi connectivity index (χ4v) is 2.94. The number of methoxy groups -OCH3 is 1. The maximum absolute atomic E-state index is 13.4. The van der Waals surface area contributed by atoms with E-state index in [9.17, 15) is 43.5 Å². The number of rotatable bonds is 5. The van der Waals surface area contributed by atoms with Crippen molar-refractivity contribution >= 4 is 19.7 Å². The lowest BCUT2D eigenvalue weighted by Gasteiger charge is -2.19. The fraction of sp³-hybridized carbons (Fsp3) is 0.667. The van der Waals surface area contributed by atoms with E-state index in [1.165, 1.54) is 0 Å². The number of nitrogens with zero attached hydrogens (tertiary/aromatic N) is 2. The lowest BCUT2D eigenvalue weighted by molar-refractivity contribution is -0.292. The summed E-state index contributed by atoms with van der Waals surface area (Å²) in [5, 5.41) is 0.481. The highest BCUT2D eigenvalue weighted by Gasteiger charge is 2.64. The van der Waals surface area contributed by atoms with Crippen molar-refractivity contribution in [2.24, 2.45) is 0 Å². The zero-order chi connectivity index (χ0) is 19.1. The number of ether oxygens (including phenoxy) is 1. The molecule has 0 atom stereocenters. The maximum atomic E-state index is 13.4. The van der Waals surface area contributed by atoms with Gasteiger partial charge in [-0.3, -0.25) is 0 Å². The summed E-state index contributed by atoms with van der Waals surface area (Å²) in [7, 11) is 0.432. The molecule has 140 valence electrons. The molecule has 0 saturated heterocycles. The molecular formula is C9H7ClF8N2O3S. The van der Waals surface area contributed by atoms with E-state index in [0.717, 1.165) is 7.11 Å². The molecule has 15 heteroatoms. The average Bonchev–Trinajstić information content (AvgIpc) is 2.74. The van der Waals surface area contributed by atoms with E-state index in [0.29, 0.717) is 0 Å². The van der Waals surface area contributed by atoms with Gasteiger partial charge in [-0.2, -0.15) is 40.2 Å². The molecule has 0 bridgehead atoms. The van der Waals surface area contributed by atoms with E-state index in [4.69, 9.17) is 10.7 Å². The minimum atomic E-state index is -6.44. The van der Waals surface area contributed by atoms with Crippen LogP contribution in [0.4, 0.5) is 35.1 Å². The Morgan fingerprint density at radius 2 is 1.62 bits per heavy atom. The van der Waals surface area contributed by atoms with Gasteiger partial charge in [0.25, 0.3) is 9.05 Å². The van der Waals surface area contributed by atoms with Gasteiger partial charge in [0.05, 0.1) is 13.2 Å². The molecular weight excluding hydrogens is 404 g/mol. The molecule has 1 heterocycles. The Morgan fingerprint density at radius 1 is 1.12 bits per heavy atom. The molecule has 0 aliphatic heterocycles. The molecule has 0 aromatic carbocycles. The summed E-state index contributed by atoms with van der Waals surface area (Å²) in [5.41, 5.74) is -5.59. The molecule has 0 spiro atoms. The highest BCUT2D eigenvalue weighted by atomic mass is 35.7. The molecule has 24 heavy (non-hydrogen) atoms. The van der Waals surface area contributed by atoms with E-state index in [2.05, 4.69) is 9.84 Å². The third-order valence-electron chi connectivity index (χ3n) is 2.58. The smallest absolute Gasteiger partial charge is 0.383 e. The van der Waals surface area contributed by atoms with Crippen LogP contribution in [0.2, 0.25) is 0 Å². The number of halogens is 9. The molecule has 0 amide bonds. The summed E-state index contributed by atoms with van der Waals surface area (Å²) in [4.78, 5) is 0. The van der Waals surface area contributed by atoms with Crippen LogP contribution in [0.3, 0.4) is 0 Å². The van der Waals surface area contributed by atoms with Crippen molar-refractivity contribution in [2.45, 2.75) is 29.8 Å². The summed E-state index contributed by atoms with van der Waals surface area (Å²) >= 11 is 0. The van der Waals surface area contributed by atoms with Crippen LogP contribution in [0.1, 0.15) is 11.3 Å². The van der Waals surface area contributed by atoms with E-state index in [1.54, 1.807) is 0 Å². The van der Waals surface area contributed by atoms with Gasteiger partial charge in [0, 0.05) is 17.8 Å². The number of aromatic nitrogens is 2. The first-order chi connectivity index (χ1) is 10.5. The molecule has 0 saturated carbocycles. The highest BCUT2D eigenvalue weighted by Crippen LogP contribution is 2.49. The highest BCUT2D eigenvalue weighted by molar-refractivity contribution is 8.13. The summed E-state index contributed by atoms with van der Waals surface area (Å²) in [6.45, 7) is -1.40. The van der Waals surface area contributed by atoms with Crippen molar-refractivity contribution in [3.05, 3.63) is 11.3 Å². The Labute approximate surface area is 133 Å². The van der Waals surface area contributed by atoms with Crippen LogP contribution in [-0.2, 0) is 32.4 Å². The quantitative estimate of drug-likeness (QED) is 0.553. The Bertz CT molecular complexity index is 710. The molecule has 0 fully saturated rings. The van der Waals surface area contributed by atoms with Gasteiger partial charge in [-0.05, 0) is 0 Å². The third kappa shape index (κ3) is 3.91. The van der Waals surface area contributed by atoms with Crippen molar-refractivity contribution < 1.29 is 48.3 Å². The zero-order valence-corrected chi connectivity index (χ0v) is 12.9. The van der Waals surface area contributed by atoms with Crippen LogP contribution in [0, 0.1) is 0 Å². The lowest BCUT2D eigenvalue weighted by Crippen LogP contribution is -2.36. The molecule has 1 rings (SSSR count). The van der Waals surface area contributed by atoms with Crippen molar-refractivity contribution in [2.75, 3.05) is 13.7 Å². The van der Waals surface area contributed by atoms with E-state index in [-0.39, 0.29) is 4.68 Å². The Balaban J connectivity index is 3.88. The first-order valence-electron chi connectivity index (χ1n) is 5.61. The fourth-order valence-electron chi connectivity index (χ4n) is 1.63.